The summed E-state index contributed by atoms with van der Waals surface area (Å²) in [6, 6.07) is 7.74. The van der Waals surface area contributed by atoms with Crippen molar-refractivity contribution in [1.29, 1.82) is 0 Å². The molecule has 90 valence electrons. The third-order valence-electron chi connectivity index (χ3n) is 3.04. The second-order valence-electron chi connectivity index (χ2n) is 4.16. The van der Waals surface area contributed by atoms with Gasteiger partial charge in [-0.15, -0.1) is 0 Å². The Bertz CT molecular complexity index is 442. The van der Waals surface area contributed by atoms with E-state index in [0.717, 1.165) is 11.3 Å². The van der Waals surface area contributed by atoms with Crippen molar-refractivity contribution in [2.24, 2.45) is 5.92 Å². The molecule has 0 aliphatic carbocycles. The second kappa shape index (κ2) is 4.99. The maximum Gasteiger partial charge on any atom is 0.305 e. The lowest BCUT2D eigenvalue weighted by Crippen LogP contribution is -2.30. The lowest BCUT2D eigenvalue weighted by molar-refractivity contribution is -0.141. The van der Waals surface area contributed by atoms with Crippen molar-refractivity contribution < 1.29 is 14.3 Å². The highest BCUT2D eigenvalue weighted by atomic mass is 16.5. The van der Waals surface area contributed by atoms with E-state index in [0.29, 0.717) is 12.8 Å². The first kappa shape index (κ1) is 11.6. The second-order valence-corrected chi connectivity index (χ2v) is 4.16. The molecule has 1 unspecified atom stereocenters. The summed E-state index contributed by atoms with van der Waals surface area (Å²) in [5, 5.41) is 2.86. The molecule has 4 heteroatoms. The number of rotatable bonds is 3. The van der Waals surface area contributed by atoms with Gasteiger partial charge in [0.1, 0.15) is 0 Å². The third-order valence-corrected chi connectivity index (χ3v) is 3.04. The fraction of sp³-hybridized carbons (Fsp3) is 0.385. The van der Waals surface area contributed by atoms with Crippen molar-refractivity contribution in [3.05, 3.63) is 29.8 Å². The average molecular weight is 233 g/mol. The summed E-state index contributed by atoms with van der Waals surface area (Å²) in [5.74, 6) is -0.409. The predicted molar refractivity (Wildman–Crippen MR) is 63.5 cm³/mol. The van der Waals surface area contributed by atoms with E-state index in [4.69, 9.17) is 0 Å². The number of carbonyl (C=O) groups is 2. The van der Waals surface area contributed by atoms with E-state index in [1.807, 2.05) is 24.3 Å². The number of carbonyl (C=O) groups excluding carboxylic acids is 2. The van der Waals surface area contributed by atoms with Gasteiger partial charge in [0.15, 0.2) is 0 Å². The minimum absolute atomic E-state index is 0.00685. The van der Waals surface area contributed by atoms with Gasteiger partial charge in [-0.2, -0.15) is 0 Å². The molecule has 0 spiro atoms. The summed E-state index contributed by atoms with van der Waals surface area (Å²) in [6.45, 7) is 0. The number of benzene rings is 1. The highest BCUT2D eigenvalue weighted by molar-refractivity contribution is 5.95. The minimum Gasteiger partial charge on any atom is -0.469 e. The number of hydrogen-bond acceptors (Lipinski definition) is 3. The number of anilines is 1. The fourth-order valence-electron chi connectivity index (χ4n) is 2.04. The van der Waals surface area contributed by atoms with Gasteiger partial charge < -0.3 is 10.1 Å². The van der Waals surface area contributed by atoms with Crippen LogP contribution in [0.1, 0.15) is 18.4 Å². The quantitative estimate of drug-likeness (QED) is 0.809. The van der Waals surface area contributed by atoms with Crippen LogP contribution in [0.2, 0.25) is 0 Å². The number of methoxy groups -OCH3 is 1. The van der Waals surface area contributed by atoms with Gasteiger partial charge in [-0.05, 0) is 24.5 Å². The molecular formula is C13H15NO3. The molecule has 1 aromatic rings. The van der Waals surface area contributed by atoms with Crippen LogP contribution in [0.3, 0.4) is 0 Å². The Balaban J connectivity index is 2.02. The smallest absolute Gasteiger partial charge is 0.305 e. The number of nitrogens with one attached hydrogen (secondary N) is 1. The topological polar surface area (TPSA) is 55.4 Å². The van der Waals surface area contributed by atoms with Crippen LogP contribution in [0.4, 0.5) is 5.69 Å². The van der Waals surface area contributed by atoms with Crippen LogP contribution in [-0.2, 0) is 20.7 Å². The van der Waals surface area contributed by atoms with Gasteiger partial charge in [0.05, 0.1) is 7.11 Å². The maximum absolute atomic E-state index is 11.8. The van der Waals surface area contributed by atoms with E-state index in [9.17, 15) is 9.59 Å². The largest absolute Gasteiger partial charge is 0.469 e. The van der Waals surface area contributed by atoms with Gasteiger partial charge in [-0.3, -0.25) is 9.59 Å². The van der Waals surface area contributed by atoms with Crippen LogP contribution in [-0.4, -0.2) is 19.0 Å². The van der Waals surface area contributed by atoms with Gasteiger partial charge in [0.25, 0.3) is 0 Å². The number of hydrogen-bond donors (Lipinski definition) is 1. The molecule has 17 heavy (non-hydrogen) atoms. The van der Waals surface area contributed by atoms with E-state index in [-0.39, 0.29) is 24.2 Å². The average Bonchev–Trinajstić information content (AvgIpc) is 2.35. The number of para-hydroxylation sites is 1. The molecule has 0 aromatic heterocycles. The summed E-state index contributed by atoms with van der Waals surface area (Å²) < 4.78 is 4.58. The molecule has 0 saturated heterocycles. The summed E-state index contributed by atoms with van der Waals surface area (Å²) in [7, 11) is 1.36. The predicted octanol–water partition coefficient (Wildman–Crippen LogP) is 1.75. The van der Waals surface area contributed by atoms with Gasteiger partial charge in [0.2, 0.25) is 5.91 Å². The van der Waals surface area contributed by atoms with Crippen LogP contribution in [0.15, 0.2) is 24.3 Å². The molecule has 1 N–H and O–H groups in total. The Hall–Kier alpha value is -1.84. The van der Waals surface area contributed by atoms with Gasteiger partial charge in [-0.25, -0.2) is 0 Å². The zero-order valence-electron chi connectivity index (χ0n) is 9.73. The summed E-state index contributed by atoms with van der Waals surface area (Å²) >= 11 is 0. The zero-order chi connectivity index (χ0) is 12.3. The van der Waals surface area contributed by atoms with Crippen molar-refractivity contribution in [3.8, 4) is 0 Å². The Morgan fingerprint density at radius 2 is 2.24 bits per heavy atom. The van der Waals surface area contributed by atoms with E-state index in [2.05, 4.69) is 10.1 Å². The molecule has 1 aromatic carbocycles. The number of esters is 1. The number of fused-ring (bicyclic) bond motifs is 1. The molecule has 0 bridgehead atoms. The molecule has 4 nitrogen and oxygen atoms in total. The molecule has 1 aliphatic rings. The molecular weight excluding hydrogens is 218 g/mol. The van der Waals surface area contributed by atoms with Crippen molar-refractivity contribution in [2.45, 2.75) is 19.3 Å². The molecule has 1 heterocycles. The van der Waals surface area contributed by atoms with E-state index in [1.54, 1.807) is 0 Å². The first-order valence-corrected chi connectivity index (χ1v) is 5.66. The van der Waals surface area contributed by atoms with Gasteiger partial charge >= 0.3 is 5.97 Å². The Morgan fingerprint density at radius 3 is 3.00 bits per heavy atom. The maximum atomic E-state index is 11.8. The Labute approximate surface area is 100.0 Å². The molecule has 1 amide bonds. The summed E-state index contributed by atoms with van der Waals surface area (Å²) in [6.07, 6.45) is 1.52. The third kappa shape index (κ3) is 2.64. The Morgan fingerprint density at radius 1 is 1.47 bits per heavy atom. The van der Waals surface area contributed by atoms with Crippen LogP contribution in [0.5, 0.6) is 0 Å². The highest BCUT2D eigenvalue weighted by Crippen LogP contribution is 2.27. The van der Waals surface area contributed by atoms with E-state index >= 15 is 0 Å². The van der Waals surface area contributed by atoms with Crippen molar-refractivity contribution in [1.82, 2.24) is 0 Å². The van der Waals surface area contributed by atoms with Crippen molar-refractivity contribution in [2.75, 3.05) is 12.4 Å². The zero-order valence-corrected chi connectivity index (χ0v) is 9.73. The van der Waals surface area contributed by atoms with Crippen LogP contribution in [0.25, 0.3) is 0 Å². The normalized spacial score (nSPS) is 18.2. The SMILES string of the molecule is COC(=O)CCC1Cc2ccccc2NC1=O. The molecule has 0 radical (unpaired) electrons. The van der Waals surface area contributed by atoms with E-state index in [1.165, 1.54) is 7.11 Å². The van der Waals surface area contributed by atoms with Gasteiger partial charge in [-0.1, -0.05) is 18.2 Å². The highest BCUT2D eigenvalue weighted by Gasteiger charge is 2.26. The summed E-state index contributed by atoms with van der Waals surface area (Å²) in [4.78, 5) is 22.8. The lowest BCUT2D eigenvalue weighted by Gasteiger charge is -2.24. The number of ether oxygens (including phenoxy) is 1. The van der Waals surface area contributed by atoms with Crippen molar-refractivity contribution >= 4 is 17.6 Å². The summed E-state index contributed by atoms with van der Waals surface area (Å²) in [5.41, 5.74) is 2.01. The van der Waals surface area contributed by atoms with Crippen molar-refractivity contribution in [3.63, 3.8) is 0 Å². The first-order chi connectivity index (χ1) is 8.20. The molecule has 1 atom stereocenters. The molecule has 1 aliphatic heterocycles. The van der Waals surface area contributed by atoms with Crippen LogP contribution in [0, 0.1) is 5.92 Å². The Kier molecular flexibility index (Phi) is 3.42. The van der Waals surface area contributed by atoms with Crippen LogP contribution < -0.4 is 5.32 Å². The van der Waals surface area contributed by atoms with E-state index < -0.39 is 0 Å². The monoisotopic (exact) mass is 233 g/mol. The lowest BCUT2D eigenvalue weighted by atomic mass is 9.90. The van der Waals surface area contributed by atoms with Crippen LogP contribution >= 0.6 is 0 Å². The minimum atomic E-state index is -0.267. The first-order valence-electron chi connectivity index (χ1n) is 5.66. The fourth-order valence-corrected chi connectivity index (χ4v) is 2.04. The van der Waals surface area contributed by atoms with Gasteiger partial charge in [0, 0.05) is 18.0 Å². The molecule has 2 rings (SSSR count). The number of amides is 1. The molecule has 0 saturated carbocycles. The molecule has 0 fully saturated rings. The standard InChI is InChI=1S/C13H15NO3/c1-17-12(15)7-6-10-8-9-4-2-3-5-11(9)14-13(10)16/h2-5,10H,6-8H2,1H3,(H,14,16).